The van der Waals surface area contributed by atoms with E-state index in [9.17, 15) is 4.79 Å². The van der Waals surface area contributed by atoms with E-state index in [4.69, 9.17) is 4.98 Å². The Hall–Kier alpha value is -3.47. The highest BCUT2D eigenvalue weighted by atomic mass is 16.1. The van der Waals surface area contributed by atoms with Crippen molar-refractivity contribution in [1.82, 2.24) is 20.1 Å². The van der Waals surface area contributed by atoms with E-state index in [1.165, 1.54) is 5.56 Å². The monoisotopic (exact) mass is 424 g/mol. The average molecular weight is 425 g/mol. The second-order valence-electron chi connectivity index (χ2n) is 9.02. The van der Waals surface area contributed by atoms with Gasteiger partial charge in [0.1, 0.15) is 0 Å². The van der Waals surface area contributed by atoms with E-state index in [1.54, 1.807) is 6.20 Å². The summed E-state index contributed by atoms with van der Waals surface area (Å²) in [6.45, 7) is 6.24. The van der Waals surface area contributed by atoms with Gasteiger partial charge in [-0.1, -0.05) is 60.2 Å². The number of hydrogen-bond donors (Lipinski definition) is 1. The largest absolute Gasteiger partial charge is 0.341 e. The molecule has 0 bridgehead atoms. The van der Waals surface area contributed by atoms with Crippen LogP contribution in [0.5, 0.6) is 0 Å². The molecule has 1 N–H and O–H groups in total. The normalized spacial score (nSPS) is 14.6. The second kappa shape index (κ2) is 8.23. The maximum atomic E-state index is 13.7. The van der Waals surface area contributed by atoms with Crippen molar-refractivity contribution in [3.63, 3.8) is 0 Å². The van der Waals surface area contributed by atoms with Crippen LogP contribution < -0.4 is 5.32 Å². The molecule has 4 aromatic rings. The molecule has 1 saturated carbocycles. The lowest BCUT2D eigenvalue weighted by Gasteiger charge is -2.21. The van der Waals surface area contributed by atoms with E-state index >= 15 is 0 Å². The van der Waals surface area contributed by atoms with E-state index in [0.717, 1.165) is 40.7 Å². The fourth-order valence-electron chi connectivity index (χ4n) is 4.16. The van der Waals surface area contributed by atoms with Crippen molar-refractivity contribution in [2.75, 3.05) is 0 Å². The summed E-state index contributed by atoms with van der Waals surface area (Å²) in [6.07, 6.45) is 4.04. The van der Waals surface area contributed by atoms with Gasteiger partial charge >= 0.3 is 0 Å². The topological polar surface area (TPSA) is 59.8 Å². The van der Waals surface area contributed by atoms with Crippen LogP contribution in [0.25, 0.3) is 11.0 Å². The van der Waals surface area contributed by atoms with Crippen molar-refractivity contribution in [3.05, 3.63) is 94.8 Å². The molecular formula is C27H28N4O. The number of carbonyl (C=O) groups excluding carboxylic acids is 1. The first-order chi connectivity index (χ1) is 15.5. The molecule has 1 atom stereocenters. The van der Waals surface area contributed by atoms with Gasteiger partial charge in [-0.25, -0.2) is 9.67 Å². The minimum absolute atomic E-state index is 0.1000. The fraction of sp³-hybridized carbons (Fsp3) is 0.296. The van der Waals surface area contributed by atoms with Gasteiger partial charge in [-0.05, 0) is 50.8 Å². The third-order valence-electron chi connectivity index (χ3n) is 6.13. The minimum Gasteiger partial charge on any atom is -0.341 e. The molecule has 5 rings (SSSR count). The van der Waals surface area contributed by atoms with Crippen molar-refractivity contribution in [1.29, 1.82) is 0 Å². The van der Waals surface area contributed by atoms with Crippen LogP contribution in [-0.2, 0) is 0 Å². The van der Waals surface area contributed by atoms with E-state index in [0.29, 0.717) is 11.5 Å². The maximum absolute atomic E-state index is 13.7. The summed E-state index contributed by atoms with van der Waals surface area (Å²) < 4.78 is 1.91. The van der Waals surface area contributed by atoms with E-state index < -0.39 is 0 Å². The molecule has 32 heavy (non-hydrogen) atoms. The number of nitrogens with zero attached hydrogens (tertiary/aromatic N) is 3. The van der Waals surface area contributed by atoms with Gasteiger partial charge in [-0.2, -0.15) is 5.10 Å². The zero-order valence-electron chi connectivity index (χ0n) is 18.7. The van der Waals surface area contributed by atoms with Crippen LogP contribution >= 0.6 is 0 Å². The smallest absolute Gasteiger partial charge is 0.252 e. The van der Waals surface area contributed by atoms with E-state index in [1.807, 2.05) is 28.9 Å². The Morgan fingerprint density at radius 3 is 2.38 bits per heavy atom. The van der Waals surface area contributed by atoms with Crippen molar-refractivity contribution >= 4 is 16.9 Å². The van der Waals surface area contributed by atoms with Crippen LogP contribution in [0.2, 0.25) is 0 Å². The van der Waals surface area contributed by atoms with Gasteiger partial charge in [-0.15, -0.1) is 0 Å². The summed E-state index contributed by atoms with van der Waals surface area (Å²) in [5.74, 6) is 0.348. The van der Waals surface area contributed by atoms with Crippen LogP contribution in [0.3, 0.4) is 0 Å². The van der Waals surface area contributed by atoms with Crippen molar-refractivity contribution < 1.29 is 4.79 Å². The molecule has 2 aromatic carbocycles. The lowest BCUT2D eigenvalue weighted by atomic mass is 9.97. The van der Waals surface area contributed by atoms with Gasteiger partial charge in [0.25, 0.3) is 5.91 Å². The molecule has 1 amide bonds. The Morgan fingerprint density at radius 2 is 1.72 bits per heavy atom. The number of fused-ring (bicyclic) bond motifs is 1. The maximum Gasteiger partial charge on any atom is 0.252 e. The highest BCUT2D eigenvalue weighted by Crippen LogP contribution is 2.40. The molecule has 1 aliphatic carbocycles. The number of hydrogen-bond acceptors (Lipinski definition) is 3. The van der Waals surface area contributed by atoms with Gasteiger partial charge in [0.05, 0.1) is 23.2 Å². The predicted molar refractivity (Wildman–Crippen MR) is 127 cm³/mol. The minimum atomic E-state index is -0.239. The number of nitrogens with one attached hydrogen (secondary N) is 1. The van der Waals surface area contributed by atoms with Crippen molar-refractivity contribution in [2.24, 2.45) is 0 Å². The third-order valence-corrected chi connectivity index (χ3v) is 6.13. The molecule has 0 aliphatic heterocycles. The SMILES string of the molecule is Cc1ccc(C(NC(=O)c2cc(C3CC3)nc3c2cnn3C(C)C)c2ccccc2)cc1. The number of amides is 1. The summed E-state index contributed by atoms with van der Waals surface area (Å²) in [5, 5.41) is 8.64. The first-order valence-electron chi connectivity index (χ1n) is 11.3. The molecule has 0 spiro atoms. The molecule has 5 nitrogen and oxygen atoms in total. The Morgan fingerprint density at radius 1 is 1.03 bits per heavy atom. The zero-order valence-corrected chi connectivity index (χ0v) is 18.7. The van der Waals surface area contributed by atoms with E-state index in [2.05, 4.69) is 67.6 Å². The van der Waals surface area contributed by atoms with Gasteiger partial charge in [0.15, 0.2) is 5.65 Å². The Labute approximate surface area is 188 Å². The van der Waals surface area contributed by atoms with Crippen LogP contribution in [-0.4, -0.2) is 20.7 Å². The summed E-state index contributed by atoms with van der Waals surface area (Å²) in [7, 11) is 0. The van der Waals surface area contributed by atoms with Gasteiger partial charge < -0.3 is 5.32 Å². The zero-order chi connectivity index (χ0) is 22.2. The molecule has 1 aliphatic rings. The first kappa shape index (κ1) is 20.4. The quantitative estimate of drug-likeness (QED) is 0.431. The van der Waals surface area contributed by atoms with Crippen molar-refractivity contribution in [2.45, 2.75) is 51.6 Å². The van der Waals surface area contributed by atoms with Gasteiger partial charge in [0, 0.05) is 17.7 Å². The van der Waals surface area contributed by atoms with Crippen LogP contribution in [0.4, 0.5) is 0 Å². The lowest BCUT2D eigenvalue weighted by Crippen LogP contribution is -2.29. The molecule has 5 heteroatoms. The Balaban J connectivity index is 1.57. The number of rotatable bonds is 6. The molecule has 0 saturated heterocycles. The molecule has 2 aromatic heterocycles. The van der Waals surface area contributed by atoms with Crippen LogP contribution in [0, 0.1) is 6.92 Å². The number of aromatic nitrogens is 3. The van der Waals surface area contributed by atoms with Crippen LogP contribution in [0.1, 0.15) is 77.4 Å². The molecular weight excluding hydrogens is 396 g/mol. The number of carbonyl (C=O) groups is 1. The number of aryl methyl sites for hydroxylation is 1. The molecule has 162 valence electrons. The summed E-state index contributed by atoms with van der Waals surface area (Å²) in [5.41, 5.74) is 5.74. The Kier molecular flexibility index (Phi) is 5.25. The third kappa shape index (κ3) is 3.91. The standard InChI is InChI=1S/C27H28N4O/c1-17(2)31-26-23(16-28-31)22(15-24(29-26)19-13-14-19)27(32)30-25(20-7-5-4-6-8-20)21-11-9-18(3)10-12-21/h4-12,15-17,19,25H,13-14H2,1-3H3,(H,30,32). The number of benzene rings is 2. The summed E-state index contributed by atoms with van der Waals surface area (Å²) in [6, 6.07) is 20.4. The molecule has 1 unspecified atom stereocenters. The highest BCUT2D eigenvalue weighted by molar-refractivity contribution is 6.05. The summed E-state index contributed by atoms with van der Waals surface area (Å²) >= 11 is 0. The van der Waals surface area contributed by atoms with Crippen LogP contribution in [0.15, 0.2) is 66.9 Å². The molecule has 2 heterocycles. The molecule has 0 radical (unpaired) electrons. The average Bonchev–Trinajstić information content (AvgIpc) is 3.56. The van der Waals surface area contributed by atoms with E-state index in [-0.39, 0.29) is 18.0 Å². The summed E-state index contributed by atoms with van der Waals surface area (Å²) in [4.78, 5) is 18.6. The predicted octanol–water partition coefficient (Wildman–Crippen LogP) is 5.72. The van der Waals surface area contributed by atoms with Crippen molar-refractivity contribution in [3.8, 4) is 0 Å². The Bertz CT molecular complexity index is 1250. The second-order valence-corrected chi connectivity index (χ2v) is 9.02. The van der Waals surface area contributed by atoms with Gasteiger partial charge in [-0.3, -0.25) is 4.79 Å². The lowest BCUT2D eigenvalue weighted by molar-refractivity contribution is 0.0944. The highest BCUT2D eigenvalue weighted by Gasteiger charge is 2.29. The number of pyridine rings is 1. The first-order valence-corrected chi connectivity index (χ1v) is 11.3. The fourth-order valence-corrected chi connectivity index (χ4v) is 4.16. The molecule has 1 fully saturated rings. The van der Waals surface area contributed by atoms with Gasteiger partial charge in [0.2, 0.25) is 0 Å².